The minimum Gasteiger partial charge on any atom is -0.394 e. The predicted molar refractivity (Wildman–Crippen MR) is 168 cm³/mol. The van der Waals surface area contributed by atoms with Gasteiger partial charge in [0.2, 0.25) is 0 Å². The Bertz CT molecular complexity index is 1530. The summed E-state index contributed by atoms with van der Waals surface area (Å²) in [7, 11) is 0. The molecule has 0 radical (unpaired) electrons. The number of aliphatic hydroxyl groups is 4. The number of ether oxygens (including phenoxy) is 2. The normalized spacial score (nSPS) is 16.8. The van der Waals surface area contributed by atoms with E-state index >= 15 is 0 Å². The lowest BCUT2D eigenvalue weighted by molar-refractivity contribution is 0.0863. The van der Waals surface area contributed by atoms with E-state index in [2.05, 4.69) is 0 Å². The highest BCUT2D eigenvalue weighted by atomic mass is 32.2. The Morgan fingerprint density at radius 2 is 0.929 bits per heavy atom. The molecule has 3 aromatic rings. The van der Waals surface area contributed by atoms with Gasteiger partial charge in [-0.05, 0) is 22.9 Å². The van der Waals surface area contributed by atoms with Crippen LogP contribution in [0.25, 0.3) is 21.5 Å². The molecule has 226 valence electrons. The third-order valence-electron chi connectivity index (χ3n) is 5.97. The fraction of sp³-hybridized carbons (Fsp3) is 0.385. The number of hydrogen-bond donors (Lipinski definition) is 4. The first-order valence-electron chi connectivity index (χ1n) is 12.6. The molecule has 0 atom stereocenters. The van der Waals surface area contributed by atoms with E-state index in [1.165, 1.54) is 20.6 Å². The van der Waals surface area contributed by atoms with Crippen molar-refractivity contribution >= 4 is 68.6 Å². The van der Waals surface area contributed by atoms with Crippen molar-refractivity contribution in [3.63, 3.8) is 0 Å². The zero-order valence-corrected chi connectivity index (χ0v) is 25.4. The van der Waals surface area contributed by atoms with Crippen molar-refractivity contribution in [2.75, 3.05) is 52.9 Å². The van der Waals surface area contributed by atoms with Crippen LogP contribution in [0.1, 0.15) is 0 Å². The summed E-state index contributed by atoms with van der Waals surface area (Å²) < 4.78 is 14.6. The van der Waals surface area contributed by atoms with Crippen LogP contribution in [-0.4, -0.2) is 82.4 Å². The second-order valence-electron chi connectivity index (χ2n) is 8.64. The molecule has 0 unspecified atom stereocenters. The van der Waals surface area contributed by atoms with Gasteiger partial charge >= 0.3 is 0 Å². The maximum atomic E-state index is 12.5. The third kappa shape index (κ3) is 7.32. The topological polar surface area (TPSA) is 178 Å². The van der Waals surface area contributed by atoms with Gasteiger partial charge in [0.25, 0.3) is 22.2 Å². The Balaban J connectivity index is 0.000000241. The largest absolute Gasteiger partial charge is 0.394 e. The van der Waals surface area contributed by atoms with Crippen LogP contribution < -0.4 is 22.2 Å². The Morgan fingerprint density at radius 1 is 0.571 bits per heavy atom. The van der Waals surface area contributed by atoms with Crippen molar-refractivity contribution in [2.45, 2.75) is 13.1 Å². The van der Waals surface area contributed by atoms with E-state index in [4.69, 9.17) is 29.9 Å². The van der Waals surface area contributed by atoms with Crippen LogP contribution in [0.2, 0.25) is 0 Å². The van der Waals surface area contributed by atoms with Crippen molar-refractivity contribution in [3.8, 4) is 0 Å². The molecule has 42 heavy (non-hydrogen) atoms. The Kier molecular flexibility index (Phi) is 12.1. The van der Waals surface area contributed by atoms with Gasteiger partial charge in [0.05, 0.1) is 96.0 Å². The number of hydrogen-bond acceptors (Lipinski definition) is 14. The van der Waals surface area contributed by atoms with Crippen LogP contribution in [0.4, 0.5) is 0 Å². The maximum Gasteiger partial charge on any atom is 0.261 e. The summed E-state index contributed by atoms with van der Waals surface area (Å²) in [4.78, 5) is 52.1. The van der Waals surface area contributed by atoms with Crippen molar-refractivity contribution in [2.24, 2.45) is 0 Å². The number of fused-ring (bicyclic) bond motifs is 2. The van der Waals surface area contributed by atoms with Crippen LogP contribution in [0.3, 0.4) is 0 Å². The summed E-state index contributed by atoms with van der Waals surface area (Å²) in [6, 6.07) is 2.57. The number of thioether (sulfide) groups is 4. The Morgan fingerprint density at radius 3 is 1.21 bits per heavy atom. The van der Waals surface area contributed by atoms with Gasteiger partial charge in [-0.2, -0.15) is 0 Å². The predicted octanol–water partition coefficient (Wildman–Crippen LogP) is 0.671. The molecule has 12 nitrogen and oxygen atoms in total. The first kappa shape index (κ1) is 32.8. The van der Waals surface area contributed by atoms with E-state index in [1.54, 1.807) is 47.0 Å². The van der Waals surface area contributed by atoms with Crippen LogP contribution in [0.5, 0.6) is 0 Å². The lowest BCUT2D eigenvalue weighted by Gasteiger charge is -2.01. The minimum absolute atomic E-state index is 0.00717. The molecular weight excluding hydrogens is 629 g/mol. The molecule has 0 saturated carbocycles. The average molecular weight is 657 g/mol. The number of nitrogens with zero attached hydrogens (tertiary/aromatic N) is 2. The molecule has 0 fully saturated rings. The number of aliphatic hydroxyl groups excluding tert-OH is 4. The number of aromatic nitrogens is 2. The summed E-state index contributed by atoms with van der Waals surface area (Å²) in [5.41, 5.74) is -2.22. The van der Waals surface area contributed by atoms with E-state index < -0.39 is 22.2 Å². The molecule has 2 aliphatic heterocycles. The molecule has 5 rings (SSSR count). The van der Waals surface area contributed by atoms with E-state index in [0.29, 0.717) is 0 Å². The summed E-state index contributed by atoms with van der Waals surface area (Å²) in [5, 5.41) is 39.5. The highest BCUT2D eigenvalue weighted by Gasteiger charge is 2.21. The second kappa shape index (κ2) is 15.6. The molecule has 0 bridgehead atoms. The molecular formula is C26H28N2O10S4. The molecule has 1 aromatic carbocycles. The van der Waals surface area contributed by atoms with Gasteiger partial charge < -0.3 is 29.9 Å². The van der Waals surface area contributed by atoms with Gasteiger partial charge in [0.15, 0.2) is 0 Å². The zero-order valence-electron chi connectivity index (χ0n) is 22.1. The average Bonchev–Trinajstić information content (AvgIpc) is 3.77. The fourth-order valence-corrected chi connectivity index (χ4v) is 8.67. The van der Waals surface area contributed by atoms with Crippen LogP contribution in [0.15, 0.2) is 60.4 Å². The minimum atomic E-state index is -0.555. The van der Waals surface area contributed by atoms with E-state index in [0.717, 1.165) is 18.9 Å². The highest BCUT2D eigenvalue weighted by molar-refractivity contribution is 8.33. The molecule has 0 amide bonds. The Labute approximate surface area is 255 Å². The third-order valence-corrected chi connectivity index (χ3v) is 11.3. The van der Waals surface area contributed by atoms with Gasteiger partial charge in [0, 0.05) is 9.81 Å². The summed E-state index contributed by atoms with van der Waals surface area (Å²) >= 11 is 6.53. The lowest BCUT2D eigenvalue weighted by Crippen LogP contribution is -2.28. The zero-order chi connectivity index (χ0) is 30.2. The highest BCUT2D eigenvalue weighted by Crippen LogP contribution is 2.54. The number of benzene rings is 1. The SMILES string of the molecule is O=c1c2cc3c(=O)n(CCOCCO)c(=O)c3cc2c(=O)n1CCOCCO.OCC1=CS/C(=C2/SC=C(CO)S2)S1. The van der Waals surface area contributed by atoms with Crippen LogP contribution in [-0.2, 0) is 22.6 Å². The smallest absolute Gasteiger partial charge is 0.261 e. The molecule has 0 aliphatic carbocycles. The standard InChI is InChI=1S/C18H20N2O8.C8H8O2S4/c21-3-7-27-5-1-19-15(23)11-9-13-14(10-12(11)16(19)24)18(26)20(17(13)25)2-6-28-8-4-22;9-1-5-3-11-7(13-5)8-12-4-6(2-10)14-8/h9-10,21-22H,1-8H2;3-4,9-10H,1-2H2/b;8-7+. The van der Waals surface area contributed by atoms with Gasteiger partial charge in [-0.1, -0.05) is 47.0 Å². The van der Waals surface area contributed by atoms with Crippen molar-refractivity contribution < 1.29 is 29.9 Å². The van der Waals surface area contributed by atoms with Gasteiger partial charge in [-0.15, -0.1) is 0 Å². The van der Waals surface area contributed by atoms with Gasteiger partial charge in [0.1, 0.15) is 0 Å². The van der Waals surface area contributed by atoms with Crippen LogP contribution >= 0.6 is 47.0 Å². The Hall–Kier alpha value is -2.12. The quantitative estimate of drug-likeness (QED) is 0.200. The van der Waals surface area contributed by atoms with Crippen molar-refractivity contribution in [3.05, 3.63) is 82.6 Å². The summed E-state index contributed by atoms with van der Waals surface area (Å²) in [6.07, 6.45) is 0. The van der Waals surface area contributed by atoms with Crippen molar-refractivity contribution in [1.82, 2.24) is 9.13 Å². The summed E-state index contributed by atoms with van der Waals surface area (Å²) in [5.74, 6) is 0. The van der Waals surface area contributed by atoms with E-state index in [9.17, 15) is 19.2 Å². The first-order chi connectivity index (χ1) is 20.3. The first-order valence-corrected chi connectivity index (χ1v) is 16.0. The molecule has 2 aliphatic rings. The lowest BCUT2D eigenvalue weighted by atomic mass is 10.1. The number of rotatable bonds is 12. The molecule has 0 saturated heterocycles. The van der Waals surface area contributed by atoms with E-state index in [-0.39, 0.29) is 87.5 Å². The molecule has 4 heterocycles. The molecule has 16 heteroatoms. The van der Waals surface area contributed by atoms with Crippen molar-refractivity contribution in [1.29, 1.82) is 0 Å². The molecule has 0 spiro atoms. The van der Waals surface area contributed by atoms with Gasteiger partial charge in [-0.3, -0.25) is 28.3 Å². The fourth-order valence-electron chi connectivity index (χ4n) is 4.02. The second-order valence-corrected chi connectivity index (χ2v) is 13.2. The van der Waals surface area contributed by atoms with Crippen LogP contribution in [0, 0.1) is 0 Å². The molecule has 2 aromatic heterocycles. The molecule has 4 N–H and O–H groups in total. The van der Waals surface area contributed by atoms with E-state index in [1.807, 2.05) is 10.8 Å². The summed E-state index contributed by atoms with van der Waals surface area (Å²) in [6.45, 7) is 0.253. The monoisotopic (exact) mass is 656 g/mol. The maximum absolute atomic E-state index is 12.5. The van der Waals surface area contributed by atoms with Gasteiger partial charge in [-0.25, -0.2) is 0 Å².